The largest absolute Gasteiger partial charge is 0.458 e. The average molecular weight is 362 g/mol. The lowest BCUT2D eigenvalue weighted by Crippen LogP contribution is -2.36. The van der Waals surface area contributed by atoms with Gasteiger partial charge >= 0.3 is 6.03 Å². The van der Waals surface area contributed by atoms with Crippen molar-refractivity contribution in [1.29, 1.82) is 0 Å². The maximum Gasteiger partial charge on any atom is 0.328 e. The molecule has 7 heteroatoms. The summed E-state index contributed by atoms with van der Waals surface area (Å²) in [6.07, 6.45) is 5.08. The molecule has 0 atom stereocenters. The van der Waals surface area contributed by atoms with Crippen molar-refractivity contribution in [2.75, 3.05) is 4.90 Å². The van der Waals surface area contributed by atoms with Crippen LogP contribution in [0.25, 0.3) is 0 Å². The molecule has 6 rings (SSSR count). The maximum absolute atomic E-state index is 12.9. The molecular formula is C20H18N4O3. The summed E-state index contributed by atoms with van der Waals surface area (Å²) in [5.74, 6) is 3.21. The average Bonchev–Trinajstić information content (AvgIpc) is 3.26. The SMILES string of the molecule is Cc1ccc2c3c1O/C(=C1/N(C(=O)NC1(C)C)c1cncc(n1)O2)C31CC1. The number of allylic oxidation sites excluding steroid dienone is 1. The molecule has 136 valence electrons. The number of ether oxygens (including phenoxy) is 2. The number of carbonyl (C=O) groups is 1. The first-order valence-electron chi connectivity index (χ1n) is 9.10. The first-order valence-corrected chi connectivity index (χ1v) is 9.10. The summed E-state index contributed by atoms with van der Waals surface area (Å²) >= 11 is 0. The smallest absolute Gasteiger partial charge is 0.328 e. The number of urea groups is 1. The van der Waals surface area contributed by atoms with Gasteiger partial charge in [-0.25, -0.2) is 9.69 Å². The Balaban J connectivity index is 1.76. The molecule has 1 spiro atoms. The molecule has 2 fully saturated rings. The van der Waals surface area contributed by atoms with Gasteiger partial charge in [-0.3, -0.25) is 4.98 Å². The summed E-state index contributed by atoms with van der Waals surface area (Å²) in [5.41, 5.74) is 2.10. The van der Waals surface area contributed by atoms with Gasteiger partial charge in [-0.15, -0.1) is 0 Å². The highest BCUT2D eigenvalue weighted by molar-refractivity contribution is 5.99. The number of rotatable bonds is 0. The number of carbonyl (C=O) groups excluding carboxylic acids is 1. The minimum atomic E-state index is -0.587. The highest BCUT2D eigenvalue weighted by Gasteiger charge is 2.61. The normalized spacial score (nSPS) is 24.9. The van der Waals surface area contributed by atoms with Gasteiger partial charge in [0.2, 0.25) is 5.88 Å². The lowest BCUT2D eigenvalue weighted by Gasteiger charge is -2.27. The minimum absolute atomic E-state index is 0.234. The standard InChI is InChI=1S/C20H18N4O3/c1-10-4-5-11-14-15(10)27-17(20(14)6-7-20)16-19(2,3)23-18(25)24(16)12-8-21-9-13(22-12)26-11/h4-5,8-9H,6-7H2,1-3H3,(H,23,25)/b17-16+. The molecule has 1 saturated carbocycles. The van der Waals surface area contributed by atoms with E-state index >= 15 is 0 Å². The topological polar surface area (TPSA) is 76.6 Å². The Bertz CT molecular complexity index is 1080. The zero-order chi connectivity index (χ0) is 18.6. The van der Waals surface area contributed by atoms with Gasteiger partial charge in [-0.1, -0.05) is 6.07 Å². The van der Waals surface area contributed by atoms with Crippen LogP contribution in [0.5, 0.6) is 17.4 Å². The summed E-state index contributed by atoms with van der Waals surface area (Å²) in [5, 5.41) is 3.05. The Kier molecular flexibility index (Phi) is 2.46. The number of aryl methyl sites for hydroxylation is 1. The number of amides is 2. The van der Waals surface area contributed by atoms with Gasteiger partial charge in [0.1, 0.15) is 17.3 Å². The molecule has 4 bridgehead atoms. The predicted octanol–water partition coefficient (Wildman–Crippen LogP) is 3.53. The van der Waals surface area contributed by atoms with Crippen LogP contribution in [-0.2, 0) is 5.41 Å². The zero-order valence-corrected chi connectivity index (χ0v) is 15.3. The van der Waals surface area contributed by atoms with Crippen molar-refractivity contribution in [3.05, 3.63) is 47.1 Å². The second kappa shape index (κ2) is 4.42. The Hall–Kier alpha value is -3.09. The maximum atomic E-state index is 12.9. The Morgan fingerprint density at radius 1 is 1.19 bits per heavy atom. The quantitative estimate of drug-likeness (QED) is 0.776. The molecule has 1 aliphatic carbocycles. The van der Waals surface area contributed by atoms with Crippen LogP contribution in [0.1, 0.15) is 37.8 Å². The fraction of sp³-hybridized carbons (Fsp3) is 0.350. The molecular weight excluding hydrogens is 344 g/mol. The van der Waals surface area contributed by atoms with Gasteiger partial charge in [0.25, 0.3) is 0 Å². The number of nitrogens with zero attached hydrogens (tertiary/aromatic N) is 3. The number of hydrogen-bond donors (Lipinski definition) is 1. The molecule has 4 heterocycles. The van der Waals surface area contributed by atoms with Crippen LogP contribution in [0.3, 0.4) is 0 Å². The van der Waals surface area contributed by atoms with E-state index in [1.165, 1.54) is 0 Å². The van der Waals surface area contributed by atoms with Crippen molar-refractivity contribution in [2.24, 2.45) is 0 Å². The molecule has 1 aromatic carbocycles. The molecule has 7 nitrogen and oxygen atoms in total. The van der Waals surface area contributed by atoms with E-state index in [1.54, 1.807) is 17.3 Å². The first kappa shape index (κ1) is 15.0. The molecule has 0 unspecified atom stereocenters. The van der Waals surface area contributed by atoms with Crippen LogP contribution in [0, 0.1) is 6.92 Å². The van der Waals surface area contributed by atoms with Crippen LogP contribution in [0.4, 0.5) is 10.6 Å². The summed E-state index contributed by atoms with van der Waals surface area (Å²) in [7, 11) is 0. The van der Waals surface area contributed by atoms with Crippen LogP contribution in [-0.4, -0.2) is 21.5 Å². The van der Waals surface area contributed by atoms with E-state index in [1.807, 2.05) is 32.9 Å². The van der Waals surface area contributed by atoms with E-state index in [2.05, 4.69) is 15.3 Å². The van der Waals surface area contributed by atoms with E-state index in [9.17, 15) is 4.79 Å². The van der Waals surface area contributed by atoms with Crippen molar-refractivity contribution >= 4 is 11.8 Å². The van der Waals surface area contributed by atoms with E-state index < -0.39 is 5.54 Å². The first-order chi connectivity index (χ1) is 12.9. The number of benzene rings is 1. The monoisotopic (exact) mass is 362 g/mol. The fourth-order valence-corrected chi connectivity index (χ4v) is 4.50. The number of nitrogens with one attached hydrogen (secondary N) is 1. The third kappa shape index (κ3) is 1.74. The lowest BCUT2D eigenvalue weighted by atomic mass is 9.88. The number of aromatic nitrogens is 2. The summed E-state index contributed by atoms with van der Waals surface area (Å²) in [4.78, 5) is 23.2. The second-order valence-electron chi connectivity index (χ2n) is 8.15. The molecule has 3 aliphatic heterocycles. The van der Waals surface area contributed by atoms with Crippen molar-refractivity contribution in [1.82, 2.24) is 15.3 Å². The lowest BCUT2D eigenvalue weighted by molar-refractivity contribution is 0.248. The summed E-state index contributed by atoms with van der Waals surface area (Å²) in [6.45, 7) is 6.01. The van der Waals surface area contributed by atoms with Crippen LogP contribution in [0.15, 0.2) is 36.0 Å². The van der Waals surface area contributed by atoms with Gasteiger partial charge in [0, 0.05) is 0 Å². The Morgan fingerprint density at radius 2 is 2.00 bits per heavy atom. The molecule has 1 N–H and O–H groups in total. The molecule has 0 radical (unpaired) electrons. The van der Waals surface area contributed by atoms with Crippen molar-refractivity contribution in [3.63, 3.8) is 0 Å². The van der Waals surface area contributed by atoms with E-state index in [0.29, 0.717) is 11.7 Å². The molecule has 2 aromatic rings. The van der Waals surface area contributed by atoms with Crippen LogP contribution in [0.2, 0.25) is 0 Å². The predicted molar refractivity (Wildman–Crippen MR) is 96.9 cm³/mol. The third-order valence-electron chi connectivity index (χ3n) is 5.88. The number of hydrogen-bond acceptors (Lipinski definition) is 5. The van der Waals surface area contributed by atoms with Crippen molar-refractivity contribution in [3.8, 4) is 17.4 Å². The van der Waals surface area contributed by atoms with E-state index in [0.717, 1.165) is 46.9 Å². The van der Waals surface area contributed by atoms with Crippen molar-refractivity contribution in [2.45, 2.75) is 44.6 Å². The molecule has 1 saturated heterocycles. The Morgan fingerprint density at radius 3 is 2.78 bits per heavy atom. The summed E-state index contributed by atoms with van der Waals surface area (Å²) < 4.78 is 12.6. The molecule has 27 heavy (non-hydrogen) atoms. The highest BCUT2D eigenvalue weighted by Crippen LogP contribution is 2.66. The molecule has 4 aliphatic rings. The highest BCUT2D eigenvalue weighted by atomic mass is 16.5. The van der Waals surface area contributed by atoms with Gasteiger partial charge in [-0.05, 0) is 45.2 Å². The second-order valence-corrected chi connectivity index (χ2v) is 8.15. The van der Waals surface area contributed by atoms with Gasteiger partial charge in [-0.2, -0.15) is 4.98 Å². The van der Waals surface area contributed by atoms with Gasteiger partial charge in [0.15, 0.2) is 5.82 Å². The minimum Gasteiger partial charge on any atom is -0.458 e. The van der Waals surface area contributed by atoms with Crippen LogP contribution < -0.4 is 19.7 Å². The molecule has 1 aromatic heterocycles. The summed E-state index contributed by atoms with van der Waals surface area (Å²) in [6, 6.07) is 3.73. The number of fused-ring (bicyclic) bond motifs is 4. The Labute approximate surface area is 156 Å². The van der Waals surface area contributed by atoms with Gasteiger partial charge in [0.05, 0.1) is 34.6 Å². The zero-order valence-electron chi connectivity index (χ0n) is 15.3. The fourth-order valence-electron chi connectivity index (χ4n) is 4.50. The third-order valence-corrected chi connectivity index (χ3v) is 5.88. The van der Waals surface area contributed by atoms with Crippen molar-refractivity contribution < 1.29 is 14.3 Å². The van der Waals surface area contributed by atoms with E-state index in [-0.39, 0.29) is 11.4 Å². The van der Waals surface area contributed by atoms with E-state index in [4.69, 9.17) is 9.47 Å². The number of anilines is 1. The molecule has 2 amide bonds. The van der Waals surface area contributed by atoms with Crippen LogP contribution >= 0.6 is 0 Å². The van der Waals surface area contributed by atoms with Gasteiger partial charge < -0.3 is 14.8 Å².